The largest absolute Gasteiger partial charge is 0.508 e. The Kier molecular flexibility index (Phi) is 2.93. The van der Waals surface area contributed by atoms with E-state index in [-0.39, 0.29) is 28.5 Å². The number of amides is 1. The van der Waals surface area contributed by atoms with E-state index in [1.165, 1.54) is 12.1 Å². The van der Waals surface area contributed by atoms with Crippen molar-refractivity contribution in [2.45, 2.75) is 24.8 Å². The van der Waals surface area contributed by atoms with Gasteiger partial charge in [0.05, 0.1) is 5.56 Å². The molecule has 0 bridgehead atoms. The molecule has 1 aliphatic rings. The van der Waals surface area contributed by atoms with Crippen molar-refractivity contribution in [3.05, 3.63) is 23.8 Å². The Balaban J connectivity index is 1.99. The lowest BCUT2D eigenvalue weighted by atomic mass is 9.78. The van der Waals surface area contributed by atoms with Gasteiger partial charge >= 0.3 is 0 Å². The van der Waals surface area contributed by atoms with Gasteiger partial charge in [0.15, 0.2) is 0 Å². The number of nitrogens with two attached hydrogens (primary N) is 1. The number of hydrogen-bond acceptors (Lipinski definition) is 4. The molecule has 1 aromatic rings. The first-order chi connectivity index (χ1) is 8.00. The molecule has 1 aromatic carbocycles. The monoisotopic (exact) mass is 236 g/mol. The van der Waals surface area contributed by atoms with E-state index < -0.39 is 0 Å². The van der Waals surface area contributed by atoms with Crippen LogP contribution in [0.15, 0.2) is 18.2 Å². The van der Waals surface area contributed by atoms with Gasteiger partial charge in [0.1, 0.15) is 11.5 Å². The summed E-state index contributed by atoms with van der Waals surface area (Å²) in [6.45, 7) is 0.409. The summed E-state index contributed by atoms with van der Waals surface area (Å²) in [5, 5.41) is 21.3. The maximum absolute atomic E-state index is 11.8. The van der Waals surface area contributed by atoms with E-state index in [2.05, 4.69) is 5.32 Å². The summed E-state index contributed by atoms with van der Waals surface area (Å²) in [4.78, 5) is 11.8. The van der Waals surface area contributed by atoms with Crippen LogP contribution < -0.4 is 11.1 Å². The Morgan fingerprint density at radius 1 is 1.41 bits per heavy atom. The van der Waals surface area contributed by atoms with Crippen LogP contribution in [0.3, 0.4) is 0 Å². The van der Waals surface area contributed by atoms with Gasteiger partial charge in [0, 0.05) is 18.2 Å². The van der Waals surface area contributed by atoms with Crippen molar-refractivity contribution < 1.29 is 15.0 Å². The fourth-order valence-electron chi connectivity index (χ4n) is 1.87. The number of phenolic OH excluding ortho intramolecular Hbond substituents is 2. The van der Waals surface area contributed by atoms with E-state index in [4.69, 9.17) is 10.8 Å². The van der Waals surface area contributed by atoms with Gasteiger partial charge in [-0.25, -0.2) is 0 Å². The van der Waals surface area contributed by atoms with E-state index in [0.717, 1.165) is 25.3 Å². The lowest BCUT2D eigenvalue weighted by Crippen LogP contribution is -2.54. The third kappa shape index (κ3) is 2.50. The van der Waals surface area contributed by atoms with Crippen LogP contribution in [-0.2, 0) is 0 Å². The first kappa shape index (κ1) is 11.7. The average Bonchev–Trinajstić information content (AvgIpc) is 2.23. The van der Waals surface area contributed by atoms with Crippen molar-refractivity contribution in [2.75, 3.05) is 6.54 Å². The molecule has 1 aliphatic carbocycles. The Bertz CT molecular complexity index is 441. The molecule has 1 amide bonds. The topological polar surface area (TPSA) is 95.6 Å². The fraction of sp³-hybridized carbons (Fsp3) is 0.417. The average molecular weight is 236 g/mol. The molecular formula is C12H16N2O3. The van der Waals surface area contributed by atoms with Crippen LogP contribution in [-0.4, -0.2) is 28.2 Å². The van der Waals surface area contributed by atoms with Crippen molar-refractivity contribution in [1.82, 2.24) is 5.32 Å². The Morgan fingerprint density at radius 3 is 2.65 bits per heavy atom. The highest BCUT2D eigenvalue weighted by atomic mass is 16.3. The summed E-state index contributed by atoms with van der Waals surface area (Å²) in [5.41, 5.74) is 5.83. The molecule has 17 heavy (non-hydrogen) atoms. The summed E-state index contributed by atoms with van der Waals surface area (Å²) in [6.07, 6.45) is 2.92. The van der Waals surface area contributed by atoms with Crippen molar-refractivity contribution in [2.24, 2.45) is 5.73 Å². The number of aromatic hydroxyl groups is 2. The second kappa shape index (κ2) is 4.25. The molecule has 1 saturated carbocycles. The molecule has 0 aliphatic heterocycles. The van der Waals surface area contributed by atoms with Crippen molar-refractivity contribution in [3.8, 4) is 11.5 Å². The number of nitrogens with one attached hydrogen (secondary N) is 1. The predicted octanol–water partition coefficient (Wildman–Crippen LogP) is 0.709. The second-order valence-electron chi connectivity index (χ2n) is 4.60. The van der Waals surface area contributed by atoms with Crippen LogP contribution in [0.5, 0.6) is 11.5 Å². The molecule has 0 heterocycles. The van der Waals surface area contributed by atoms with Gasteiger partial charge in [-0.2, -0.15) is 0 Å². The Hall–Kier alpha value is -1.75. The molecular weight excluding hydrogens is 220 g/mol. The number of carbonyl (C=O) groups is 1. The molecule has 5 N–H and O–H groups in total. The van der Waals surface area contributed by atoms with Gasteiger partial charge in [0.2, 0.25) is 0 Å². The third-order valence-electron chi connectivity index (χ3n) is 3.18. The van der Waals surface area contributed by atoms with Gasteiger partial charge in [-0.05, 0) is 31.4 Å². The van der Waals surface area contributed by atoms with E-state index in [0.29, 0.717) is 6.54 Å². The lowest BCUT2D eigenvalue weighted by Gasteiger charge is -2.38. The zero-order valence-corrected chi connectivity index (χ0v) is 9.44. The van der Waals surface area contributed by atoms with Crippen LogP contribution in [0.4, 0.5) is 0 Å². The minimum Gasteiger partial charge on any atom is -0.508 e. The van der Waals surface area contributed by atoms with Crippen LogP contribution in [0, 0.1) is 0 Å². The highest BCUT2D eigenvalue weighted by Gasteiger charge is 2.32. The minimum atomic E-state index is -0.376. The molecule has 2 rings (SSSR count). The van der Waals surface area contributed by atoms with E-state index >= 15 is 0 Å². The normalized spacial score (nSPS) is 17.2. The Labute approximate surface area is 99.3 Å². The summed E-state index contributed by atoms with van der Waals surface area (Å²) in [6, 6.07) is 3.87. The second-order valence-corrected chi connectivity index (χ2v) is 4.60. The third-order valence-corrected chi connectivity index (χ3v) is 3.18. The van der Waals surface area contributed by atoms with Crippen molar-refractivity contribution >= 4 is 5.91 Å². The molecule has 92 valence electrons. The maximum Gasteiger partial charge on any atom is 0.255 e. The standard InChI is InChI=1S/C12H16N2O3/c13-12(4-1-5-12)7-14-11(17)9-3-2-8(15)6-10(9)16/h2-3,6,15-16H,1,4-5,7,13H2,(H,14,17). The molecule has 5 nitrogen and oxygen atoms in total. The van der Waals surface area contributed by atoms with Gasteiger partial charge < -0.3 is 21.3 Å². The number of benzene rings is 1. The molecule has 0 spiro atoms. The maximum atomic E-state index is 11.8. The number of phenols is 2. The predicted molar refractivity (Wildman–Crippen MR) is 62.9 cm³/mol. The summed E-state index contributed by atoms with van der Waals surface area (Å²) in [5.74, 6) is -0.685. The zero-order chi connectivity index (χ0) is 12.5. The lowest BCUT2D eigenvalue weighted by molar-refractivity contribution is 0.0927. The SMILES string of the molecule is NC1(CNC(=O)c2ccc(O)cc2O)CCC1. The van der Waals surface area contributed by atoms with Gasteiger partial charge in [0.25, 0.3) is 5.91 Å². The molecule has 5 heteroatoms. The Morgan fingerprint density at radius 2 is 2.12 bits per heavy atom. The first-order valence-corrected chi connectivity index (χ1v) is 5.59. The molecule has 0 saturated heterocycles. The van der Waals surface area contributed by atoms with Crippen molar-refractivity contribution in [3.63, 3.8) is 0 Å². The van der Waals surface area contributed by atoms with E-state index in [1.54, 1.807) is 0 Å². The van der Waals surface area contributed by atoms with Crippen molar-refractivity contribution in [1.29, 1.82) is 0 Å². The van der Waals surface area contributed by atoms with Gasteiger partial charge in [-0.3, -0.25) is 4.79 Å². The highest BCUT2D eigenvalue weighted by molar-refractivity contribution is 5.97. The van der Waals surface area contributed by atoms with Crippen LogP contribution in [0.1, 0.15) is 29.6 Å². The summed E-state index contributed by atoms with van der Waals surface area (Å²) < 4.78 is 0. The van der Waals surface area contributed by atoms with Crippen LogP contribution >= 0.6 is 0 Å². The molecule has 1 fully saturated rings. The number of rotatable bonds is 3. The zero-order valence-electron chi connectivity index (χ0n) is 9.44. The van der Waals surface area contributed by atoms with Gasteiger partial charge in [-0.15, -0.1) is 0 Å². The summed E-state index contributed by atoms with van der Waals surface area (Å²) in [7, 11) is 0. The quantitative estimate of drug-likeness (QED) is 0.621. The molecule has 0 unspecified atom stereocenters. The molecule has 0 aromatic heterocycles. The van der Waals surface area contributed by atoms with E-state index in [9.17, 15) is 9.90 Å². The van der Waals surface area contributed by atoms with Crippen LogP contribution in [0.2, 0.25) is 0 Å². The van der Waals surface area contributed by atoms with Gasteiger partial charge in [-0.1, -0.05) is 0 Å². The fourth-order valence-corrected chi connectivity index (χ4v) is 1.87. The first-order valence-electron chi connectivity index (χ1n) is 5.59. The number of hydrogen-bond donors (Lipinski definition) is 4. The molecule has 0 atom stereocenters. The highest BCUT2D eigenvalue weighted by Crippen LogP contribution is 2.28. The smallest absolute Gasteiger partial charge is 0.255 e. The van der Waals surface area contributed by atoms with E-state index in [1.807, 2.05) is 0 Å². The number of carbonyl (C=O) groups excluding carboxylic acids is 1. The molecule has 0 radical (unpaired) electrons. The van der Waals surface area contributed by atoms with Crippen LogP contribution in [0.25, 0.3) is 0 Å². The minimum absolute atomic E-state index is 0.0756. The summed E-state index contributed by atoms with van der Waals surface area (Å²) >= 11 is 0.